The van der Waals surface area contributed by atoms with E-state index in [0.29, 0.717) is 43.4 Å². The van der Waals surface area contributed by atoms with Gasteiger partial charge in [-0.25, -0.2) is 4.79 Å². The van der Waals surface area contributed by atoms with Crippen molar-refractivity contribution in [1.82, 2.24) is 0 Å². The average molecular weight is 377 g/mol. The van der Waals surface area contributed by atoms with Crippen molar-refractivity contribution in [2.75, 3.05) is 25.6 Å². The molecular weight excluding hydrogens is 346 g/mol. The molecule has 0 radical (unpaired) electrons. The highest BCUT2D eigenvalue weighted by Crippen LogP contribution is 2.36. The molecule has 6 nitrogen and oxygen atoms in total. The summed E-state index contributed by atoms with van der Waals surface area (Å²) in [7, 11) is 1.32. The third-order valence-electron chi connectivity index (χ3n) is 4.89. The summed E-state index contributed by atoms with van der Waals surface area (Å²) >= 11 is 0. The molecule has 1 saturated carbocycles. The number of nitrogens with one attached hydrogen (secondary N) is 1. The summed E-state index contributed by atoms with van der Waals surface area (Å²) in [6.07, 6.45) is 4.36. The molecule has 0 aliphatic heterocycles. The first-order valence-corrected chi connectivity index (χ1v) is 9.76. The Hall–Kier alpha value is -2.08. The number of benzene rings is 1. The van der Waals surface area contributed by atoms with Crippen molar-refractivity contribution in [3.8, 4) is 5.75 Å². The fraction of sp³-hybridized carbons (Fsp3) is 0.619. The van der Waals surface area contributed by atoms with Crippen LogP contribution < -0.4 is 10.1 Å². The fourth-order valence-corrected chi connectivity index (χ4v) is 3.61. The van der Waals surface area contributed by atoms with Crippen molar-refractivity contribution in [2.24, 2.45) is 5.92 Å². The van der Waals surface area contributed by atoms with E-state index >= 15 is 0 Å². The highest BCUT2D eigenvalue weighted by molar-refractivity contribution is 5.99. The smallest absolute Gasteiger partial charge is 0.341 e. The van der Waals surface area contributed by atoms with Gasteiger partial charge in [0.1, 0.15) is 16.9 Å². The molecule has 1 aromatic carbocycles. The van der Waals surface area contributed by atoms with E-state index in [9.17, 15) is 9.59 Å². The molecule has 0 heterocycles. The lowest BCUT2D eigenvalue weighted by atomic mass is 9.78. The zero-order valence-corrected chi connectivity index (χ0v) is 16.8. The van der Waals surface area contributed by atoms with Crippen LogP contribution in [-0.4, -0.2) is 37.8 Å². The van der Waals surface area contributed by atoms with Gasteiger partial charge in [0.2, 0.25) is 0 Å². The molecule has 0 bridgehead atoms. The van der Waals surface area contributed by atoms with Crippen LogP contribution in [0.15, 0.2) is 18.2 Å². The number of hydrogen-bond acceptors (Lipinski definition) is 5. The Morgan fingerprint density at radius 1 is 1.30 bits per heavy atom. The van der Waals surface area contributed by atoms with Crippen LogP contribution in [0.4, 0.5) is 5.69 Å². The molecule has 1 amide bonds. The second-order valence-corrected chi connectivity index (χ2v) is 7.13. The summed E-state index contributed by atoms with van der Waals surface area (Å²) in [5.41, 5.74) is 0.0109. The lowest BCUT2D eigenvalue weighted by Crippen LogP contribution is -2.48. The third kappa shape index (κ3) is 5.22. The molecule has 0 spiro atoms. The monoisotopic (exact) mass is 377 g/mol. The molecule has 0 aromatic heterocycles. The number of amides is 1. The first kappa shape index (κ1) is 21.2. The van der Waals surface area contributed by atoms with Crippen LogP contribution in [0.1, 0.15) is 63.2 Å². The molecule has 0 saturated heterocycles. The average Bonchev–Trinajstić information content (AvgIpc) is 2.67. The highest BCUT2D eigenvalue weighted by Gasteiger charge is 2.42. The first-order valence-electron chi connectivity index (χ1n) is 9.76. The largest absolute Gasteiger partial charge is 0.493 e. The van der Waals surface area contributed by atoms with E-state index < -0.39 is 11.6 Å². The maximum atomic E-state index is 13.1. The molecule has 27 heavy (non-hydrogen) atoms. The van der Waals surface area contributed by atoms with Gasteiger partial charge in [-0.2, -0.15) is 0 Å². The fourth-order valence-electron chi connectivity index (χ4n) is 3.61. The van der Waals surface area contributed by atoms with Crippen LogP contribution >= 0.6 is 0 Å². The van der Waals surface area contributed by atoms with Crippen molar-refractivity contribution >= 4 is 17.6 Å². The standard InChI is InChI=1S/C21H31NO5/c1-5-12-27-21(11-7-8-15(3)14-21)20(24)22-16-9-10-18(26-6-2)17(13-16)19(23)25-4/h9-10,13,15H,5-8,11-12,14H2,1-4H3,(H,22,24)/t15-,21-/m0/s1. The predicted octanol–water partition coefficient (Wildman–Crippen LogP) is 4.19. The van der Waals surface area contributed by atoms with E-state index in [1.54, 1.807) is 18.2 Å². The number of anilines is 1. The normalized spacial score (nSPS) is 22.1. The minimum absolute atomic E-state index is 0.150. The predicted molar refractivity (Wildman–Crippen MR) is 104 cm³/mol. The molecule has 2 atom stereocenters. The van der Waals surface area contributed by atoms with Crippen molar-refractivity contribution in [3.63, 3.8) is 0 Å². The van der Waals surface area contributed by atoms with Crippen LogP contribution in [0, 0.1) is 5.92 Å². The van der Waals surface area contributed by atoms with Gasteiger partial charge in [0.25, 0.3) is 5.91 Å². The van der Waals surface area contributed by atoms with E-state index in [0.717, 1.165) is 19.3 Å². The minimum atomic E-state index is -0.808. The topological polar surface area (TPSA) is 73.9 Å². The van der Waals surface area contributed by atoms with E-state index in [-0.39, 0.29) is 11.5 Å². The van der Waals surface area contributed by atoms with Crippen LogP contribution in [0.3, 0.4) is 0 Å². The Morgan fingerprint density at radius 2 is 2.07 bits per heavy atom. The van der Waals surface area contributed by atoms with Crippen LogP contribution in [0.2, 0.25) is 0 Å². The van der Waals surface area contributed by atoms with Gasteiger partial charge in [0.05, 0.1) is 13.7 Å². The van der Waals surface area contributed by atoms with Crippen molar-refractivity contribution in [2.45, 2.75) is 58.5 Å². The number of rotatable bonds is 8. The van der Waals surface area contributed by atoms with Gasteiger partial charge in [0.15, 0.2) is 0 Å². The summed E-state index contributed by atoms with van der Waals surface area (Å²) in [5, 5.41) is 2.94. The lowest BCUT2D eigenvalue weighted by Gasteiger charge is -2.38. The molecule has 6 heteroatoms. The molecule has 0 unspecified atom stereocenters. The molecule has 1 aromatic rings. The van der Waals surface area contributed by atoms with Crippen LogP contribution in [0.5, 0.6) is 5.75 Å². The van der Waals surface area contributed by atoms with Crippen molar-refractivity contribution < 1.29 is 23.8 Å². The first-order chi connectivity index (χ1) is 13.0. The maximum absolute atomic E-state index is 13.1. The Labute approximate surface area is 161 Å². The van der Waals surface area contributed by atoms with Crippen molar-refractivity contribution in [1.29, 1.82) is 0 Å². The Bertz CT molecular complexity index is 660. The second-order valence-electron chi connectivity index (χ2n) is 7.13. The third-order valence-corrected chi connectivity index (χ3v) is 4.89. The van der Waals surface area contributed by atoms with Gasteiger partial charge in [-0.3, -0.25) is 4.79 Å². The zero-order valence-electron chi connectivity index (χ0n) is 16.8. The quantitative estimate of drug-likeness (QED) is 0.688. The van der Waals surface area contributed by atoms with Gasteiger partial charge in [-0.1, -0.05) is 20.3 Å². The van der Waals surface area contributed by atoms with Crippen LogP contribution in [0.25, 0.3) is 0 Å². The summed E-state index contributed by atoms with van der Waals surface area (Å²) in [4.78, 5) is 25.2. The number of esters is 1. The molecule has 1 aliphatic rings. The van der Waals surface area contributed by atoms with E-state index in [4.69, 9.17) is 14.2 Å². The van der Waals surface area contributed by atoms with E-state index in [1.165, 1.54) is 7.11 Å². The number of methoxy groups -OCH3 is 1. The molecule has 1 aliphatic carbocycles. The van der Waals surface area contributed by atoms with Crippen molar-refractivity contribution in [3.05, 3.63) is 23.8 Å². The number of carbonyl (C=O) groups excluding carboxylic acids is 2. The van der Waals surface area contributed by atoms with Crippen LogP contribution in [-0.2, 0) is 14.3 Å². The molecule has 1 N–H and O–H groups in total. The molecular formula is C21H31NO5. The SMILES string of the molecule is CCCO[C@@]1(C(=O)Nc2ccc(OCC)c(C(=O)OC)c2)CCC[C@H](C)C1. The minimum Gasteiger partial charge on any atom is -0.493 e. The van der Waals surface area contributed by atoms with E-state index in [2.05, 4.69) is 12.2 Å². The summed E-state index contributed by atoms with van der Waals surface area (Å²) in [5.74, 6) is 0.221. The maximum Gasteiger partial charge on any atom is 0.341 e. The van der Waals surface area contributed by atoms with E-state index in [1.807, 2.05) is 13.8 Å². The second kappa shape index (κ2) is 9.74. The zero-order chi connectivity index (χ0) is 19.9. The van der Waals surface area contributed by atoms with Gasteiger partial charge in [-0.15, -0.1) is 0 Å². The van der Waals surface area contributed by atoms with Gasteiger partial charge >= 0.3 is 5.97 Å². The molecule has 150 valence electrons. The summed E-state index contributed by atoms with van der Waals surface area (Å²) in [6, 6.07) is 5.00. The van der Waals surface area contributed by atoms with Gasteiger partial charge < -0.3 is 19.5 Å². The highest BCUT2D eigenvalue weighted by atomic mass is 16.5. The van der Waals surface area contributed by atoms with Gasteiger partial charge in [-0.05, 0) is 56.7 Å². The number of hydrogen-bond donors (Lipinski definition) is 1. The molecule has 2 rings (SSSR count). The Balaban J connectivity index is 2.25. The Kier molecular flexibility index (Phi) is 7.66. The number of ether oxygens (including phenoxy) is 3. The summed E-state index contributed by atoms with van der Waals surface area (Å²) in [6.45, 7) is 7.02. The van der Waals surface area contributed by atoms with Gasteiger partial charge in [0, 0.05) is 12.3 Å². The molecule has 1 fully saturated rings. The lowest BCUT2D eigenvalue weighted by molar-refractivity contribution is -0.148. The number of carbonyl (C=O) groups is 2. The summed E-state index contributed by atoms with van der Waals surface area (Å²) < 4.78 is 16.4. The Morgan fingerprint density at radius 3 is 2.70 bits per heavy atom.